The van der Waals surface area contributed by atoms with Crippen molar-refractivity contribution in [2.24, 2.45) is 28.6 Å². The zero-order valence-electron chi connectivity index (χ0n) is 25.7. The molecule has 1 amide bonds. The minimum Gasteiger partial charge on any atom is -0.480 e. The maximum atomic E-state index is 13.5. The van der Waals surface area contributed by atoms with E-state index in [0.717, 1.165) is 18.4 Å². The number of hydrogen-bond acceptors (Lipinski definition) is 9. The van der Waals surface area contributed by atoms with Gasteiger partial charge < -0.3 is 30.5 Å². The number of ether oxygens (including phenoxy) is 1. The van der Waals surface area contributed by atoms with Crippen molar-refractivity contribution in [1.29, 1.82) is 0 Å². The van der Waals surface area contributed by atoms with Gasteiger partial charge in [-0.2, -0.15) is 0 Å². The number of esters is 1. The Bertz CT molecular complexity index is 1390. The average molecular weight is 626 g/mol. The number of fused-ring (bicyclic) bond motifs is 5. The molecule has 0 saturated heterocycles. The molecule has 5 N–H and O–H groups in total. The molecule has 0 heterocycles. The van der Waals surface area contributed by atoms with Crippen molar-refractivity contribution in [3.63, 3.8) is 0 Å². The topological polar surface area (TPSA) is 188 Å². The highest BCUT2D eigenvalue weighted by molar-refractivity contribution is 5.92. The molecule has 0 radical (unpaired) electrons. The van der Waals surface area contributed by atoms with E-state index in [9.17, 15) is 44.4 Å². The van der Waals surface area contributed by atoms with E-state index >= 15 is 0 Å². The first kappa shape index (κ1) is 33.0. The Labute approximate surface area is 262 Å². The molecule has 1 aromatic carbocycles. The van der Waals surface area contributed by atoms with Gasteiger partial charge in [0.1, 0.15) is 11.7 Å². The number of aliphatic carboxylic acids is 1. The lowest BCUT2D eigenvalue weighted by Gasteiger charge is -2.60. The van der Waals surface area contributed by atoms with E-state index in [1.54, 1.807) is 24.3 Å². The summed E-state index contributed by atoms with van der Waals surface area (Å²) < 4.78 is 5.16. The van der Waals surface area contributed by atoms with Crippen molar-refractivity contribution in [2.75, 3.05) is 6.61 Å². The highest BCUT2D eigenvalue weighted by Crippen LogP contribution is 2.67. The SMILES string of the molecule is C[C@]12CCC(=O)C=C1CC[C@H]1[C@@H]2[C@@H](O)C[C@]2(C)[C@H]1CC[C@]2(O)C(=O)COC(=O)CCC(=O)N[C@@H](C(=O)O)[C@H](O)c1ccccc1. The number of nitrogens with one attached hydrogen (secondary N) is 1. The Morgan fingerprint density at radius 3 is 2.44 bits per heavy atom. The summed E-state index contributed by atoms with van der Waals surface area (Å²) in [6.45, 7) is 3.28. The standard InChI is InChI=1S/C34H43NO10/c1-32-14-12-21(36)16-20(32)8-9-22-23-13-15-34(44,33(23,2)17-24(37)28(22)32)25(38)18-45-27(40)11-10-26(39)35-29(31(42)43)30(41)19-6-4-3-5-7-19/h3-7,16,22-24,28-30,37,41,44H,8-15,17-18H2,1-2H3,(H,35,39)(H,42,43)/t22-,23+,24+,28-,29-,30-,32+,33-,34+/m1/s1. The van der Waals surface area contributed by atoms with Gasteiger partial charge in [-0.25, -0.2) is 4.79 Å². The summed E-state index contributed by atoms with van der Waals surface area (Å²) in [6.07, 6.45) is 2.23. The van der Waals surface area contributed by atoms with Crippen molar-refractivity contribution >= 4 is 29.4 Å². The third kappa shape index (κ3) is 5.86. The number of carbonyl (C=O) groups is 5. The molecule has 0 unspecified atom stereocenters. The van der Waals surface area contributed by atoms with E-state index in [1.807, 2.05) is 6.92 Å². The molecule has 244 valence electrons. The van der Waals surface area contributed by atoms with Crippen LogP contribution in [0.25, 0.3) is 0 Å². The van der Waals surface area contributed by atoms with Crippen LogP contribution in [0, 0.1) is 28.6 Å². The second-order valence-electron chi connectivity index (χ2n) is 13.8. The van der Waals surface area contributed by atoms with E-state index in [0.29, 0.717) is 24.8 Å². The van der Waals surface area contributed by atoms with Gasteiger partial charge in [0.2, 0.25) is 11.7 Å². The van der Waals surface area contributed by atoms with Gasteiger partial charge in [-0.1, -0.05) is 49.8 Å². The largest absolute Gasteiger partial charge is 0.480 e. The summed E-state index contributed by atoms with van der Waals surface area (Å²) in [5.41, 5.74) is -1.63. The fourth-order valence-corrected chi connectivity index (χ4v) is 9.07. The van der Waals surface area contributed by atoms with E-state index in [4.69, 9.17) is 4.74 Å². The maximum absolute atomic E-state index is 13.5. The molecule has 0 bridgehead atoms. The van der Waals surface area contributed by atoms with Crippen LogP contribution in [0.4, 0.5) is 0 Å². The number of hydrogen-bond donors (Lipinski definition) is 5. The molecule has 3 saturated carbocycles. The lowest BCUT2D eigenvalue weighted by atomic mass is 9.45. The fraction of sp³-hybridized carbons (Fsp3) is 0.618. The lowest BCUT2D eigenvalue weighted by Crippen LogP contribution is -2.62. The quantitative estimate of drug-likeness (QED) is 0.242. The monoisotopic (exact) mass is 625 g/mol. The molecule has 11 nitrogen and oxygen atoms in total. The maximum Gasteiger partial charge on any atom is 0.329 e. The van der Waals surface area contributed by atoms with Gasteiger partial charge in [0.25, 0.3) is 0 Å². The molecule has 0 aromatic heterocycles. The summed E-state index contributed by atoms with van der Waals surface area (Å²) in [4.78, 5) is 62.2. The number of benzene rings is 1. The molecular formula is C34H43NO10. The summed E-state index contributed by atoms with van der Waals surface area (Å²) in [6, 6.07) is 6.35. The number of aliphatic hydroxyl groups is 3. The van der Waals surface area contributed by atoms with Crippen molar-refractivity contribution in [3.8, 4) is 0 Å². The Morgan fingerprint density at radius 2 is 1.76 bits per heavy atom. The predicted octanol–water partition coefficient (Wildman–Crippen LogP) is 2.42. The molecule has 1 aromatic rings. The van der Waals surface area contributed by atoms with E-state index in [2.05, 4.69) is 12.2 Å². The van der Waals surface area contributed by atoms with E-state index in [1.165, 1.54) is 12.1 Å². The Kier molecular flexibility index (Phi) is 9.09. The van der Waals surface area contributed by atoms with Crippen LogP contribution >= 0.6 is 0 Å². The number of Topliss-reactive ketones (excluding diaryl/α,β-unsaturated/α-hetero) is 1. The van der Waals surface area contributed by atoms with Crippen molar-refractivity contribution in [1.82, 2.24) is 5.32 Å². The van der Waals surface area contributed by atoms with Crippen molar-refractivity contribution in [3.05, 3.63) is 47.5 Å². The van der Waals surface area contributed by atoms with Gasteiger partial charge in [-0.05, 0) is 73.3 Å². The van der Waals surface area contributed by atoms with Crippen LogP contribution < -0.4 is 5.32 Å². The number of carbonyl (C=O) groups excluding carboxylic acids is 4. The second-order valence-corrected chi connectivity index (χ2v) is 13.8. The van der Waals surface area contributed by atoms with Gasteiger partial charge in [-0.3, -0.25) is 19.2 Å². The Hall–Kier alpha value is -3.41. The van der Waals surface area contributed by atoms with Crippen LogP contribution in [-0.2, 0) is 28.7 Å². The van der Waals surface area contributed by atoms with Gasteiger partial charge >= 0.3 is 11.9 Å². The number of allylic oxidation sites excluding steroid dienone is 1. The summed E-state index contributed by atoms with van der Waals surface area (Å²) in [5, 5.41) is 45.5. The summed E-state index contributed by atoms with van der Waals surface area (Å²) in [5.74, 6) is -3.66. The minimum atomic E-state index is -1.80. The molecule has 0 aliphatic heterocycles. The van der Waals surface area contributed by atoms with Gasteiger partial charge in [0.05, 0.1) is 12.5 Å². The highest BCUT2D eigenvalue weighted by atomic mass is 16.5. The molecule has 11 heteroatoms. The number of aliphatic hydroxyl groups excluding tert-OH is 2. The molecule has 3 fully saturated rings. The van der Waals surface area contributed by atoms with Crippen LogP contribution in [0.5, 0.6) is 0 Å². The number of carboxylic acid groups (broad SMARTS) is 1. The number of carboxylic acids is 1. The summed E-state index contributed by atoms with van der Waals surface area (Å²) >= 11 is 0. The molecule has 45 heavy (non-hydrogen) atoms. The van der Waals surface area contributed by atoms with Crippen LogP contribution in [0.2, 0.25) is 0 Å². The number of rotatable bonds is 10. The first-order chi connectivity index (χ1) is 21.2. The first-order valence-corrected chi connectivity index (χ1v) is 15.8. The molecule has 4 aliphatic rings. The molecule has 0 spiro atoms. The van der Waals surface area contributed by atoms with Gasteiger partial charge in [0, 0.05) is 18.3 Å². The fourth-order valence-electron chi connectivity index (χ4n) is 9.07. The third-order valence-corrected chi connectivity index (χ3v) is 11.5. The number of amides is 1. The average Bonchev–Trinajstić information content (AvgIpc) is 3.28. The molecule has 4 aliphatic carbocycles. The molecule has 9 atom stereocenters. The predicted molar refractivity (Wildman–Crippen MR) is 159 cm³/mol. The zero-order chi connectivity index (χ0) is 32.7. The van der Waals surface area contributed by atoms with Crippen molar-refractivity contribution < 1.29 is 49.1 Å². The molecule has 5 rings (SSSR count). The van der Waals surface area contributed by atoms with Crippen LogP contribution in [0.15, 0.2) is 42.0 Å². The van der Waals surface area contributed by atoms with E-state index in [-0.39, 0.29) is 41.8 Å². The smallest absolute Gasteiger partial charge is 0.329 e. The normalized spacial score (nSPS) is 35.1. The van der Waals surface area contributed by atoms with Crippen LogP contribution in [0.1, 0.15) is 83.3 Å². The first-order valence-electron chi connectivity index (χ1n) is 15.8. The lowest BCUT2D eigenvalue weighted by molar-refractivity contribution is -0.184. The van der Waals surface area contributed by atoms with Crippen LogP contribution in [-0.4, -0.2) is 74.2 Å². The van der Waals surface area contributed by atoms with Crippen molar-refractivity contribution in [2.45, 2.75) is 95.5 Å². The van der Waals surface area contributed by atoms with Crippen LogP contribution in [0.3, 0.4) is 0 Å². The van der Waals surface area contributed by atoms with Gasteiger partial charge in [0.15, 0.2) is 18.4 Å². The Balaban J connectivity index is 1.17. The Morgan fingerprint density at radius 1 is 1.04 bits per heavy atom. The molecular weight excluding hydrogens is 582 g/mol. The minimum absolute atomic E-state index is 0.0244. The number of ketones is 2. The zero-order valence-corrected chi connectivity index (χ0v) is 25.7. The van der Waals surface area contributed by atoms with E-state index < -0.39 is 72.3 Å². The third-order valence-electron chi connectivity index (χ3n) is 11.5. The highest BCUT2D eigenvalue weighted by Gasteiger charge is 2.68. The van der Waals surface area contributed by atoms with Gasteiger partial charge in [-0.15, -0.1) is 0 Å². The summed E-state index contributed by atoms with van der Waals surface area (Å²) in [7, 11) is 0. The second kappa shape index (κ2) is 12.4.